The number of carbonyl (C=O) groups is 2. The van der Waals surface area contributed by atoms with Gasteiger partial charge >= 0.3 is 0 Å². The number of piperazine rings is 1. The first-order valence-electron chi connectivity index (χ1n) is 20.6. The van der Waals surface area contributed by atoms with Gasteiger partial charge in [-0.25, -0.2) is 22.5 Å². The van der Waals surface area contributed by atoms with Gasteiger partial charge < -0.3 is 35.3 Å². The lowest BCUT2D eigenvalue weighted by atomic mass is 9.93. The number of nitrogens with one attached hydrogen (secondary N) is 3. The van der Waals surface area contributed by atoms with Crippen molar-refractivity contribution in [3.63, 3.8) is 0 Å². The minimum atomic E-state index is -4.32. The van der Waals surface area contributed by atoms with Crippen LogP contribution in [-0.2, 0) is 32.5 Å². The van der Waals surface area contributed by atoms with Crippen LogP contribution < -0.4 is 25.4 Å². The summed E-state index contributed by atoms with van der Waals surface area (Å²) in [5.41, 5.74) is 10.6. The van der Waals surface area contributed by atoms with Gasteiger partial charge in [-0.2, -0.15) is 0 Å². The number of rotatable bonds is 12. The number of halogens is 1. The zero-order chi connectivity index (χ0) is 41.4. The van der Waals surface area contributed by atoms with E-state index in [4.69, 9.17) is 15.2 Å². The molecule has 3 aromatic carbocycles. The van der Waals surface area contributed by atoms with Crippen LogP contribution in [0.1, 0.15) is 47.2 Å². The standard InChI is InChI=1S/C44H49FN8O6S/c45-33-4-3-30-20-35(53(26-32(30)19-33)44(55)29-1-2-29)27-51-13-15-52(16-14-51)34-5-7-38(41(22-34)59-36-21-31-9-12-47-42(31)49-25-36)43(54)50-60(56,57)37-6-8-40(39(46)23-37)48-24-28-10-17-58-18-11-28/h3-9,12,19,21-23,25,28-29,35,48H,1-2,10-11,13-18,20,24,26-27,46H2,(H,47,49)(H,50,54)/t35-/m0/s1. The summed E-state index contributed by atoms with van der Waals surface area (Å²) < 4.78 is 55.3. The predicted octanol–water partition coefficient (Wildman–Crippen LogP) is 5.52. The second kappa shape index (κ2) is 16.7. The van der Waals surface area contributed by atoms with Crippen molar-refractivity contribution in [2.75, 3.05) is 68.4 Å². The molecule has 1 atom stereocenters. The number of anilines is 3. The summed E-state index contributed by atoms with van der Waals surface area (Å²) in [4.78, 5) is 41.1. The van der Waals surface area contributed by atoms with Crippen LogP contribution in [0, 0.1) is 17.7 Å². The lowest BCUT2D eigenvalue weighted by molar-refractivity contribution is -0.136. The molecule has 0 radical (unpaired) electrons. The maximum absolute atomic E-state index is 14.1. The summed E-state index contributed by atoms with van der Waals surface area (Å²) in [6, 6.07) is 18.0. The van der Waals surface area contributed by atoms with Crippen LogP contribution in [0.25, 0.3) is 11.0 Å². The number of pyridine rings is 1. The van der Waals surface area contributed by atoms with E-state index in [-0.39, 0.29) is 45.6 Å². The van der Waals surface area contributed by atoms with Gasteiger partial charge in [0.25, 0.3) is 15.9 Å². The SMILES string of the molecule is Nc1cc(S(=O)(=O)NC(=O)c2ccc(N3CCN(C[C@@H]4Cc5ccc(F)cc5CN4C(=O)C4CC4)CC3)cc2Oc2cnc3[nH]ccc3c2)ccc1NCC1CCOCC1. The Balaban J connectivity index is 0.901. The fourth-order valence-corrected chi connectivity index (χ4v) is 9.48. The quantitative estimate of drug-likeness (QED) is 0.117. The van der Waals surface area contributed by atoms with Gasteiger partial charge in [0.2, 0.25) is 5.91 Å². The molecule has 314 valence electrons. The number of nitrogen functional groups attached to an aromatic ring is 1. The number of H-pyrrole nitrogens is 1. The Kier molecular flexibility index (Phi) is 11.1. The Morgan fingerprint density at radius 1 is 0.950 bits per heavy atom. The Morgan fingerprint density at radius 2 is 1.77 bits per heavy atom. The second-order valence-corrected chi connectivity index (χ2v) is 18.0. The number of hydrogen-bond acceptors (Lipinski definition) is 11. The molecule has 4 aliphatic rings. The van der Waals surface area contributed by atoms with E-state index in [1.807, 2.05) is 17.0 Å². The number of hydrogen-bond donors (Lipinski definition) is 4. The van der Waals surface area contributed by atoms with E-state index in [0.717, 1.165) is 74.2 Å². The molecule has 3 fully saturated rings. The number of nitrogens with two attached hydrogens (primary N) is 1. The molecule has 0 bridgehead atoms. The van der Waals surface area contributed by atoms with Gasteiger partial charge in [-0.1, -0.05) is 6.07 Å². The van der Waals surface area contributed by atoms with Gasteiger partial charge in [0, 0.05) is 94.3 Å². The Morgan fingerprint density at radius 3 is 2.55 bits per heavy atom. The Bertz CT molecular complexity index is 2520. The van der Waals surface area contributed by atoms with Crippen molar-refractivity contribution < 1.29 is 31.9 Å². The highest BCUT2D eigenvalue weighted by Gasteiger charge is 2.39. The molecule has 16 heteroatoms. The van der Waals surface area contributed by atoms with Gasteiger partial charge in [0.05, 0.1) is 28.0 Å². The third kappa shape index (κ3) is 8.76. The average Bonchev–Trinajstić information content (AvgIpc) is 4.00. The number of aromatic amines is 1. The van der Waals surface area contributed by atoms with E-state index in [0.29, 0.717) is 62.1 Å². The summed E-state index contributed by atoms with van der Waals surface area (Å²) in [7, 11) is -4.32. The lowest BCUT2D eigenvalue weighted by Crippen LogP contribution is -2.54. The molecular formula is C44H49FN8O6S. The van der Waals surface area contributed by atoms with Gasteiger partial charge in [-0.3, -0.25) is 14.5 Å². The summed E-state index contributed by atoms with van der Waals surface area (Å²) in [5, 5.41) is 4.13. The highest BCUT2D eigenvalue weighted by atomic mass is 32.2. The normalized spacial score (nSPS) is 18.9. The molecule has 2 aromatic heterocycles. The van der Waals surface area contributed by atoms with Crippen LogP contribution in [0.3, 0.4) is 0 Å². The van der Waals surface area contributed by atoms with Crippen molar-refractivity contribution >= 4 is 49.9 Å². The van der Waals surface area contributed by atoms with Crippen LogP contribution in [0.5, 0.6) is 11.5 Å². The molecule has 0 spiro atoms. The predicted molar refractivity (Wildman–Crippen MR) is 226 cm³/mol. The van der Waals surface area contributed by atoms with Crippen LogP contribution in [0.15, 0.2) is 84.0 Å². The van der Waals surface area contributed by atoms with Crippen LogP contribution in [0.4, 0.5) is 21.5 Å². The first-order valence-corrected chi connectivity index (χ1v) is 22.1. The zero-order valence-corrected chi connectivity index (χ0v) is 34.1. The van der Waals surface area contributed by atoms with Crippen molar-refractivity contribution in [1.82, 2.24) is 24.5 Å². The number of aromatic nitrogens is 2. The molecule has 5 aromatic rings. The monoisotopic (exact) mass is 836 g/mol. The number of ether oxygens (including phenoxy) is 2. The lowest BCUT2D eigenvalue weighted by Gasteiger charge is -2.42. The maximum atomic E-state index is 14.1. The number of nitrogens with zero attached hydrogens (tertiary/aromatic N) is 4. The van der Waals surface area contributed by atoms with E-state index in [1.165, 1.54) is 18.2 Å². The highest BCUT2D eigenvalue weighted by Crippen LogP contribution is 2.36. The number of carbonyl (C=O) groups excluding carboxylic acids is 2. The van der Waals surface area contributed by atoms with E-state index in [9.17, 15) is 22.4 Å². The maximum Gasteiger partial charge on any atom is 0.268 e. The third-order valence-corrected chi connectivity index (χ3v) is 13.4. The fraction of sp³-hybridized carbons (Fsp3) is 0.386. The zero-order valence-electron chi connectivity index (χ0n) is 33.2. The van der Waals surface area contributed by atoms with Gasteiger partial charge in [-0.15, -0.1) is 0 Å². The Labute approximate surface area is 348 Å². The van der Waals surface area contributed by atoms with Crippen molar-refractivity contribution in [3.05, 3.63) is 102 Å². The fourth-order valence-electron chi connectivity index (χ4n) is 8.48. The van der Waals surface area contributed by atoms with Crippen LogP contribution >= 0.6 is 0 Å². The molecule has 5 heterocycles. The summed E-state index contributed by atoms with van der Waals surface area (Å²) in [6.45, 7) is 6.07. The molecule has 0 unspecified atom stereocenters. The topological polar surface area (TPSA) is 175 Å². The first-order chi connectivity index (χ1) is 29.1. The Hall–Kier alpha value is -5.71. The number of fused-ring (bicyclic) bond motifs is 2. The van der Waals surface area contributed by atoms with E-state index >= 15 is 0 Å². The molecule has 14 nitrogen and oxygen atoms in total. The molecule has 1 saturated carbocycles. The molecule has 9 rings (SSSR count). The van der Waals surface area contributed by atoms with Crippen molar-refractivity contribution in [3.8, 4) is 11.5 Å². The largest absolute Gasteiger partial charge is 0.455 e. The van der Waals surface area contributed by atoms with Crippen molar-refractivity contribution in [1.29, 1.82) is 0 Å². The average molecular weight is 837 g/mol. The summed E-state index contributed by atoms with van der Waals surface area (Å²) in [5.74, 6) is 0.0677. The molecule has 3 aliphatic heterocycles. The van der Waals surface area contributed by atoms with Gasteiger partial charge in [0.15, 0.2) is 0 Å². The van der Waals surface area contributed by atoms with E-state index in [2.05, 4.69) is 29.8 Å². The van der Waals surface area contributed by atoms with Crippen molar-refractivity contribution in [2.24, 2.45) is 11.8 Å². The second-order valence-electron chi connectivity index (χ2n) is 16.3. The summed E-state index contributed by atoms with van der Waals surface area (Å²) >= 11 is 0. The number of amides is 2. The molecule has 2 amide bonds. The number of benzene rings is 3. The highest BCUT2D eigenvalue weighted by molar-refractivity contribution is 7.90. The van der Waals surface area contributed by atoms with Crippen LogP contribution in [0.2, 0.25) is 0 Å². The first kappa shape index (κ1) is 39.7. The molecule has 2 saturated heterocycles. The third-order valence-electron chi connectivity index (χ3n) is 12.1. The van der Waals surface area contributed by atoms with Crippen molar-refractivity contribution in [2.45, 2.75) is 49.6 Å². The smallest absolute Gasteiger partial charge is 0.268 e. The molecule has 60 heavy (non-hydrogen) atoms. The van der Waals surface area contributed by atoms with Crippen LogP contribution in [-0.4, -0.2) is 98.5 Å². The minimum Gasteiger partial charge on any atom is -0.455 e. The van der Waals surface area contributed by atoms with Gasteiger partial charge in [-0.05, 0) is 104 Å². The molecular weight excluding hydrogens is 788 g/mol. The minimum absolute atomic E-state index is 0.00383. The molecule has 1 aliphatic carbocycles. The molecule has 5 N–H and O–H groups in total. The number of sulfonamides is 1. The van der Waals surface area contributed by atoms with Gasteiger partial charge in [0.1, 0.15) is 23.0 Å². The van der Waals surface area contributed by atoms with E-state index < -0.39 is 15.9 Å². The van der Waals surface area contributed by atoms with E-state index in [1.54, 1.807) is 48.8 Å². The summed E-state index contributed by atoms with van der Waals surface area (Å²) in [6.07, 6.45) is 7.70.